The van der Waals surface area contributed by atoms with E-state index in [0.29, 0.717) is 17.7 Å². The van der Waals surface area contributed by atoms with Crippen LogP contribution in [0.4, 0.5) is 0 Å². The summed E-state index contributed by atoms with van der Waals surface area (Å²) in [7, 11) is 1.80. The highest BCUT2D eigenvalue weighted by Gasteiger charge is 2.14. The van der Waals surface area contributed by atoms with Gasteiger partial charge in [-0.3, -0.25) is 4.79 Å². The molecule has 0 spiro atoms. The number of carbonyl (C=O) groups is 1. The van der Waals surface area contributed by atoms with Crippen molar-refractivity contribution in [3.8, 4) is 5.75 Å². The van der Waals surface area contributed by atoms with Crippen LogP contribution in [-0.4, -0.2) is 33.8 Å². The molecule has 1 heterocycles. The summed E-state index contributed by atoms with van der Waals surface area (Å²) in [6, 6.07) is 15.8. The number of carbonyl (C=O) groups excluding carboxylic acids is 1. The van der Waals surface area contributed by atoms with Gasteiger partial charge in [0.1, 0.15) is 5.75 Å². The first-order chi connectivity index (χ1) is 13.5. The van der Waals surface area contributed by atoms with E-state index in [4.69, 9.17) is 9.15 Å². The third kappa shape index (κ3) is 5.60. The summed E-state index contributed by atoms with van der Waals surface area (Å²) in [5.74, 6) is 1.37. The lowest BCUT2D eigenvalue weighted by molar-refractivity contribution is -0.127. The second-order valence-corrected chi connectivity index (χ2v) is 7.46. The molecule has 0 aliphatic heterocycles. The number of thioether (sulfide) groups is 1. The summed E-state index contributed by atoms with van der Waals surface area (Å²) in [4.78, 5) is 14.1. The Morgan fingerprint density at radius 3 is 2.75 bits per heavy atom. The molecule has 7 heteroatoms. The predicted octanol–water partition coefficient (Wildman–Crippen LogP) is 4.02. The van der Waals surface area contributed by atoms with Crippen LogP contribution in [0, 0.1) is 13.8 Å². The lowest BCUT2D eigenvalue weighted by Gasteiger charge is -2.17. The van der Waals surface area contributed by atoms with E-state index in [1.54, 1.807) is 11.9 Å². The number of benzene rings is 2. The van der Waals surface area contributed by atoms with Gasteiger partial charge in [0, 0.05) is 13.6 Å². The Balaban J connectivity index is 1.47. The van der Waals surface area contributed by atoms with Gasteiger partial charge >= 0.3 is 0 Å². The number of aromatic nitrogens is 2. The first-order valence-electron chi connectivity index (χ1n) is 8.94. The molecule has 1 amide bonds. The zero-order valence-corrected chi connectivity index (χ0v) is 17.0. The Kier molecular flexibility index (Phi) is 6.71. The highest BCUT2D eigenvalue weighted by atomic mass is 32.2. The van der Waals surface area contributed by atoms with Crippen molar-refractivity contribution in [2.24, 2.45) is 0 Å². The SMILES string of the molecule is Cc1cccc(OCc2nnc(SCC(=O)N(C)Cc3ccccc3C)o2)c1. The Bertz CT molecular complexity index is 942. The van der Waals surface area contributed by atoms with Gasteiger partial charge in [0.05, 0.1) is 5.75 Å². The monoisotopic (exact) mass is 397 g/mol. The van der Waals surface area contributed by atoms with Crippen molar-refractivity contribution in [2.75, 3.05) is 12.8 Å². The molecule has 0 radical (unpaired) electrons. The highest BCUT2D eigenvalue weighted by Crippen LogP contribution is 2.19. The zero-order valence-electron chi connectivity index (χ0n) is 16.2. The van der Waals surface area contributed by atoms with Crippen molar-refractivity contribution in [2.45, 2.75) is 32.2 Å². The Hall–Kier alpha value is -2.80. The maximum Gasteiger partial charge on any atom is 0.277 e. The van der Waals surface area contributed by atoms with Crippen molar-refractivity contribution < 1.29 is 13.9 Å². The molecule has 1 aromatic heterocycles. The summed E-state index contributed by atoms with van der Waals surface area (Å²) in [5, 5.41) is 8.30. The van der Waals surface area contributed by atoms with E-state index < -0.39 is 0 Å². The van der Waals surface area contributed by atoms with E-state index in [-0.39, 0.29) is 18.3 Å². The van der Waals surface area contributed by atoms with E-state index in [1.807, 2.05) is 62.4 Å². The summed E-state index contributed by atoms with van der Waals surface area (Å²) >= 11 is 1.23. The molecule has 146 valence electrons. The van der Waals surface area contributed by atoms with E-state index >= 15 is 0 Å². The molecule has 0 saturated heterocycles. The van der Waals surface area contributed by atoms with Crippen LogP contribution in [0.3, 0.4) is 0 Å². The molecule has 0 bridgehead atoms. The molecule has 0 fully saturated rings. The third-order valence-corrected chi connectivity index (χ3v) is 5.02. The van der Waals surface area contributed by atoms with Crippen molar-refractivity contribution >= 4 is 17.7 Å². The van der Waals surface area contributed by atoms with Gasteiger partial charge in [0.2, 0.25) is 5.91 Å². The van der Waals surface area contributed by atoms with Crippen LogP contribution < -0.4 is 4.74 Å². The summed E-state index contributed by atoms with van der Waals surface area (Å²) in [5.41, 5.74) is 3.43. The number of ether oxygens (including phenoxy) is 1. The molecule has 28 heavy (non-hydrogen) atoms. The fourth-order valence-corrected chi connectivity index (χ4v) is 3.29. The molecule has 2 aromatic carbocycles. The number of aryl methyl sites for hydroxylation is 2. The van der Waals surface area contributed by atoms with Crippen LogP contribution >= 0.6 is 11.8 Å². The first-order valence-corrected chi connectivity index (χ1v) is 9.93. The molecule has 0 saturated carbocycles. The van der Waals surface area contributed by atoms with Crippen LogP contribution in [0.15, 0.2) is 58.2 Å². The third-order valence-electron chi connectivity index (χ3n) is 4.21. The van der Waals surface area contributed by atoms with Crippen LogP contribution in [0.5, 0.6) is 5.75 Å². The molecular formula is C21H23N3O3S. The summed E-state index contributed by atoms with van der Waals surface area (Å²) in [6.45, 7) is 4.81. The maximum atomic E-state index is 12.4. The molecular weight excluding hydrogens is 374 g/mol. The second kappa shape index (κ2) is 9.41. The largest absolute Gasteiger partial charge is 0.484 e. The molecule has 6 nitrogen and oxygen atoms in total. The lowest BCUT2D eigenvalue weighted by Crippen LogP contribution is -2.28. The number of rotatable bonds is 8. The van der Waals surface area contributed by atoms with Crippen LogP contribution in [-0.2, 0) is 17.9 Å². The lowest BCUT2D eigenvalue weighted by atomic mass is 10.1. The predicted molar refractivity (Wildman–Crippen MR) is 108 cm³/mol. The second-order valence-electron chi connectivity index (χ2n) is 6.53. The maximum absolute atomic E-state index is 12.4. The fourth-order valence-electron chi connectivity index (χ4n) is 2.57. The number of hydrogen-bond donors (Lipinski definition) is 0. The quantitative estimate of drug-likeness (QED) is 0.535. The van der Waals surface area contributed by atoms with E-state index in [9.17, 15) is 4.79 Å². The topological polar surface area (TPSA) is 68.5 Å². The smallest absolute Gasteiger partial charge is 0.277 e. The molecule has 0 aliphatic rings. The highest BCUT2D eigenvalue weighted by molar-refractivity contribution is 7.99. The Labute approximate surface area is 168 Å². The summed E-state index contributed by atoms with van der Waals surface area (Å²) in [6.07, 6.45) is 0. The number of hydrogen-bond acceptors (Lipinski definition) is 6. The van der Waals surface area contributed by atoms with Gasteiger partial charge in [-0.2, -0.15) is 0 Å². The fraction of sp³-hybridized carbons (Fsp3) is 0.286. The van der Waals surface area contributed by atoms with Crippen molar-refractivity contribution in [3.05, 3.63) is 71.1 Å². The van der Waals surface area contributed by atoms with E-state index in [0.717, 1.165) is 16.9 Å². The molecule has 0 atom stereocenters. The number of amides is 1. The first kappa shape index (κ1) is 19.9. The molecule has 0 aliphatic carbocycles. The minimum absolute atomic E-state index is 0.00372. The normalized spacial score (nSPS) is 10.7. The Morgan fingerprint density at radius 1 is 1.14 bits per heavy atom. The molecule has 3 aromatic rings. The van der Waals surface area contributed by atoms with E-state index in [2.05, 4.69) is 10.2 Å². The van der Waals surface area contributed by atoms with Gasteiger partial charge in [-0.1, -0.05) is 48.2 Å². The van der Waals surface area contributed by atoms with E-state index in [1.165, 1.54) is 17.3 Å². The molecule has 0 unspecified atom stereocenters. The number of nitrogens with zero attached hydrogens (tertiary/aromatic N) is 3. The van der Waals surface area contributed by atoms with Gasteiger partial charge in [0.15, 0.2) is 6.61 Å². The van der Waals surface area contributed by atoms with Crippen molar-refractivity contribution in [3.63, 3.8) is 0 Å². The standard InChI is InChI=1S/C21H23N3O3S/c1-15-7-6-10-18(11-15)26-13-19-22-23-21(27-19)28-14-20(25)24(3)12-17-9-5-4-8-16(17)2/h4-11H,12-14H2,1-3H3. The van der Waals surface area contributed by atoms with Crippen LogP contribution in [0.2, 0.25) is 0 Å². The van der Waals surface area contributed by atoms with Crippen molar-refractivity contribution in [1.82, 2.24) is 15.1 Å². The average molecular weight is 398 g/mol. The summed E-state index contributed by atoms with van der Waals surface area (Å²) < 4.78 is 11.2. The van der Waals surface area contributed by atoms with Gasteiger partial charge < -0.3 is 14.1 Å². The molecule has 3 rings (SSSR count). The van der Waals surface area contributed by atoms with Crippen LogP contribution in [0.1, 0.15) is 22.6 Å². The van der Waals surface area contributed by atoms with Gasteiger partial charge in [-0.15, -0.1) is 10.2 Å². The minimum Gasteiger partial charge on any atom is -0.484 e. The minimum atomic E-state index is 0.00372. The zero-order chi connectivity index (χ0) is 19.9. The average Bonchev–Trinajstić information content (AvgIpc) is 3.14. The van der Waals surface area contributed by atoms with Crippen molar-refractivity contribution in [1.29, 1.82) is 0 Å². The van der Waals surface area contributed by atoms with Gasteiger partial charge in [-0.25, -0.2) is 0 Å². The van der Waals surface area contributed by atoms with Gasteiger partial charge in [-0.05, 0) is 42.7 Å². The van der Waals surface area contributed by atoms with Gasteiger partial charge in [0.25, 0.3) is 11.1 Å². The molecule has 0 N–H and O–H groups in total. The van der Waals surface area contributed by atoms with Crippen LogP contribution in [0.25, 0.3) is 0 Å². The Morgan fingerprint density at radius 2 is 1.96 bits per heavy atom.